The molecule has 5 nitrogen and oxygen atoms in total. The second kappa shape index (κ2) is 11.8. The summed E-state index contributed by atoms with van der Waals surface area (Å²) in [4.78, 5) is 26.1. The molecule has 0 saturated heterocycles. The molecule has 0 atom stereocenters. The molecule has 0 fully saturated rings. The number of nitrogens with zero attached hydrogens (tertiary/aromatic N) is 1. The molecule has 0 aliphatic rings. The van der Waals surface area contributed by atoms with Crippen molar-refractivity contribution in [3.05, 3.63) is 65.7 Å². The van der Waals surface area contributed by atoms with E-state index in [9.17, 15) is 9.59 Å². The topological polar surface area (TPSA) is 55.8 Å². The highest BCUT2D eigenvalue weighted by atomic mass is 16.5. The van der Waals surface area contributed by atoms with E-state index in [1.807, 2.05) is 23.1 Å². The van der Waals surface area contributed by atoms with Gasteiger partial charge >= 0.3 is 5.97 Å². The maximum atomic E-state index is 13.0. The third-order valence-electron chi connectivity index (χ3n) is 4.65. The van der Waals surface area contributed by atoms with Crippen molar-refractivity contribution in [1.29, 1.82) is 0 Å². The Kier molecular flexibility index (Phi) is 9.05. The number of hydrogen-bond donors (Lipinski definition) is 0. The summed E-state index contributed by atoms with van der Waals surface area (Å²) >= 11 is 0. The standard InChI is InChI=1S/C23H29NO4/c1-27-21-15-13-20(14-16-21)23(26)24(17-7-6-12-22(25)28-2)18-8-11-19-9-4-3-5-10-19/h3-5,9-10,13-16H,6-8,11-12,17-18H2,1-2H3. The van der Waals surface area contributed by atoms with Crippen LogP contribution >= 0.6 is 0 Å². The smallest absolute Gasteiger partial charge is 0.305 e. The maximum absolute atomic E-state index is 13.0. The minimum atomic E-state index is -0.211. The van der Waals surface area contributed by atoms with Gasteiger partial charge in [0, 0.05) is 25.1 Å². The first-order valence-electron chi connectivity index (χ1n) is 9.68. The van der Waals surface area contributed by atoms with Gasteiger partial charge in [0.25, 0.3) is 5.91 Å². The fourth-order valence-electron chi connectivity index (χ4n) is 3.02. The second-order valence-corrected chi connectivity index (χ2v) is 6.64. The lowest BCUT2D eigenvalue weighted by Crippen LogP contribution is -2.33. The van der Waals surface area contributed by atoms with Gasteiger partial charge in [-0.25, -0.2) is 0 Å². The zero-order chi connectivity index (χ0) is 20.2. The number of hydrogen-bond acceptors (Lipinski definition) is 4. The number of benzene rings is 2. The number of aryl methyl sites for hydroxylation is 1. The van der Waals surface area contributed by atoms with Crippen LogP contribution in [0.1, 0.15) is 41.6 Å². The zero-order valence-corrected chi connectivity index (χ0v) is 16.7. The summed E-state index contributed by atoms with van der Waals surface area (Å²) in [7, 11) is 3.00. The molecule has 0 bridgehead atoms. The van der Waals surface area contributed by atoms with E-state index in [1.165, 1.54) is 12.7 Å². The average molecular weight is 383 g/mol. The predicted molar refractivity (Wildman–Crippen MR) is 110 cm³/mol. The molecule has 0 heterocycles. The maximum Gasteiger partial charge on any atom is 0.305 e. The Bertz CT molecular complexity index is 728. The molecule has 0 spiro atoms. The molecule has 0 aliphatic carbocycles. The molecule has 5 heteroatoms. The van der Waals surface area contributed by atoms with Crippen molar-refractivity contribution < 1.29 is 19.1 Å². The van der Waals surface area contributed by atoms with Crippen molar-refractivity contribution in [2.24, 2.45) is 0 Å². The van der Waals surface area contributed by atoms with Gasteiger partial charge in [-0.05, 0) is 55.5 Å². The van der Waals surface area contributed by atoms with Crippen molar-refractivity contribution in [2.45, 2.75) is 32.1 Å². The van der Waals surface area contributed by atoms with E-state index in [4.69, 9.17) is 4.74 Å². The lowest BCUT2D eigenvalue weighted by molar-refractivity contribution is -0.140. The normalized spacial score (nSPS) is 10.4. The highest BCUT2D eigenvalue weighted by Gasteiger charge is 2.15. The SMILES string of the molecule is COC(=O)CCCCN(CCCc1ccccc1)C(=O)c1ccc(OC)cc1. The van der Waals surface area contributed by atoms with Crippen molar-refractivity contribution in [3.8, 4) is 5.75 Å². The number of rotatable bonds is 11. The van der Waals surface area contributed by atoms with Crippen LogP contribution < -0.4 is 4.74 Å². The largest absolute Gasteiger partial charge is 0.497 e. The van der Waals surface area contributed by atoms with Gasteiger partial charge in [0.2, 0.25) is 0 Å². The van der Waals surface area contributed by atoms with E-state index >= 15 is 0 Å². The summed E-state index contributed by atoms with van der Waals surface area (Å²) in [5, 5.41) is 0. The molecule has 2 aromatic rings. The Balaban J connectivity index is 1.95. The molecule has 0 N–H and O–H groups in total. The zero-order valence-electron chi connectivity index (χ0n) is 16.7. The molecule has 28 heavy (non-hydrogen) atoms. The third-order valence-corrected chi connectivity index (χ3v) is 4.65. The van der Waals surface area contributed by atoms with Crippen LogP contribution in [0.2, 0.25) is 0 Å². The molecule has 2 aromatic carbocycles. The minimum absolute atomic E-state index is 0.00813. The molecular formula is C23H29NO4. The first-order valence-corrected chi connectivity index (χ1v) is 9.68. The van der Waals surface area contributed by atoms with Gasteiger partial charge in [0.05, 0.1) is 14.2 Å². The van der Waals surface area contributed by atoms with Crippen LogP contribution in [-0.4, -0.2) is 44.1 Å². The molecule has 0 aliphatic heterocycles. The van der Waals surface area contributed by atoms with Gasteiger partial charge in [-0.1, -0.05) is 30.3 Å². The van der Waals surface area contributed by atoms with Gasteiger partial charge in [0.15, 0.2) is 0 Å². The quantitative estimate of drug-likeness (QED) is 0.433. The molecule has 0 aromatic heterocycles. The fraction of sp³-hybridized carbons (Fsp3) is 0.391. The number of ether oxygens (including phenoxy) is 2. The Hall–Kier alpha value is -2.82. The molecule has 150 valence electrons. The van der Waals surface area contributed by atoms with Gasteiger partial charge in [0.1, 0.15) is 5.75 Å². The molecule has 0 saturated carbocycles. The van der Waals surface area contributed by atoms with Crippen molar-refractivity contribution >= 4 is 11.9 Å². The highest BCUT2D eigenvalue weighted by molar-refractivity contribution is 5.94. The Morgan fingerprint density at radius 3 is 2.18 bits per heavy atom. The summed E-state index contributed by atoms with van der Waals surface area (Å²) < 4.78 is 9.85. The van der Waals surface area contributed by atoms with Gasteiger partial charge in [-0.3, -0.25) is 9.59 Å². The van der Waals surface area contributed by atoms with Gasteiger partial charge in [-0.2, -0.15) is 0 Å². The van der Waals surface area contributed by atoms with Crippen molar-refractivity contribution in [2.75, 3.05) is 27.3 Å². The lowest BCUT2D eigenvalue weighted by Gasteiger charge is -2.23. The summed E-state index contributed by atoms with van der Waals surface area (Å²) in [5.41, 5.74) is 1.92. The van der Waals surface area contributed by atoms with Crippen LogP contribution in [0.25, 0.3) is 0 Å². The van der Waals surface area contributed by atoms with Crippen LogP contribution in [0.15, 0.2) is 54.6 Å². The number of esters is 1. The first-order chi connectivity index (χ1) is 13.6. The molecule has 2 rings (SSSR count). The van der Waals surface area contributed by atoms with E-state index in [1.54, 1.807) is 31.4 Å². The summed E-state index contributed by atoms with van der Waals surface area (Å²) in [6.07, 6.45) is 3.67. The van der Waals surface area contributed by atoms with Crippen LogP contribution in [0.5, 0.6) is 5.75 Å². The van der Waals surface area contributed by atoms with Gasteiger partial charge < -0.3 is 14.4 Å². The fourth-order valence-corrected chi connectivity index (χ4v) is 3.02. The van der Waals surface area contributed by atoms with Crippen LogP contribution in [0, 0.1) is 0 Å². The first kappa shape index (κ1) is 21.5. The minimum Gasteiger partial charge on any atom is -0.497 e. The summed E-state index contributed by atoms with van der Waals surface area (Å²) in [5.74, 6) is 0.524. The highest BCUT2D eigenvalue weighted by Crippen LogP contribution is 2.15. The lowest BCUT2D eigenvalue weighted by atomic mass is 10.1. The average Bonchev–Trinajstić information content (AvgIpc) is 2.75. The Labute approximate surface area is 167 Å². The van der Waals surface area contributed by atoms with E-state index in [-0.39, 0.29) is 11.9 Å². The molecular weight excluding hydrogens is 354 g/mol. The van der Waals surface area contributed by atoms with Crippen molar-refractivity contribution in [3.63, 3.8) is 0 Å². The molecule has 1 amide bonds. The van der Waals surface area contributed by atoms with E-state index < -0.39 is 0 Å². The Morgan fingerprint density at radius 1 is 0.857 bits per heavy atom. The van der Waals surface area contributed by atoms with Crippen LogP contribution in [0.4, 0.5) is 0 Å². The number of carbonyl (C=O) groups is 2. The number of amides is 1. The van der Waals surface area contributed by atoms with Crippen LogP contribution in [0.3, 0.4) is 0 Å². The molecule has 0 radical (unpaired) electrons. The molecule has 0 unspecified atom stereocenters. The monoisotopic (exact) mass is 383 g/mol. The number of unbranched alkanes of at least 4 members (excludes halogenated alkanes) is 1. The second-order valence-electron chi connectivity index (χ2n) is 6.64. The van der Waals surface area contributed by atoms with E-state index in [0.29, 0.717) is 31.5 Å². The summed E-state index contributed by atoms with van der Waals surface area (Å²) in [6, 6.07) is 17.5. The van der Waals surface area contributed by atoms with Gasteiger partial charge in [-0.15, -0.1) is 0 Å². The Morgan fingerprint density at radius 2 is 1.54 bits per heavy atom. The number of methoxy groups -OCH3 is 2. The third kappa shape index (κ3) is 7.06. The predicted octanol–water partition coefficient (Wildman–Crippen LogP) is 4.11. The summed E-state index contributed by atoms with van der Waals surface area (Å²) in [6.45, 7) is 1.30. The number of carbonyl (C=O) groups excluding carboxylic acids is 2. The van der Waals surface area contributed by atoms with Crippen LogP contribution in [-0.2, 0) is 16.0 Å². The van der Waals surface area contributed by atoms with E-state index in [0.717, 1.165) is 25.0 Å². The van der Waals surface area contributed by atoms with E-state index in [2.05, 4.69) is 16.9 Å². The van der Waals surface area contributed by atoms with Crippen molar-refractivity contribution in [1.82, 2.24) is 4.90 Å².